The first-order valence-electron chi connectivity index (χ1n) is 24.9. The van der Waals surface area contributed by atoms with E-state index in [4.69, 9.17) is 5.11 Å². The van der Waals surface area contributed by atoms with E-state index in [0.29, 0.717) is 6.42 Å². The van der Waals surface area contributed by atoms with Gasteiger partial charge in [0.2, 0.25) is 0 Å². The summed E-state index contributed by atoms with van der Waals surface area (Å²) in [5, 5.41) is 28.9. The van der Waals surface area contributed by atoms with E-state index in [9.17, 15) is 24.6 Å². The van der Waals surface area contributed by atoms with Gasteiger partial charge >= 0.3 is 29.0 Å². The first-order chi connectivity index (χ1) is 27.3. The van der Waals surface area contributed by atoms with Crippen molar-refractivity contribution < 1.29 is 29.7 Å². The van der Waals surface area contributed by atoms with Crippen molar-refractivity contribution in [2.75, 3.05) is 0 Å². The third kappa shape index (κ3) is 73.2. The monoisotopic (exact) mass is 819 g/mol. The maximum Gasteiger partial charge on any atom is 2.00 e. The van der Waals surface area contributed by atoms with Crippen molar-refractivity contribution in [2.24, 2.45) is 0 Å². The second-order valence-electron chi connectivity index (χ2n) is 16.8. The summed E-state index contributed by atoms with van der Waals surface area (Å²) >= 11 is 0. The number of hydrogen-bond donors (Lipinski definition) is 1. The fraction of sp³-hybridized carbons (Fsp3) is 0.940. The summed E-state index contributed by atoms with van der Waals surface area (Å²) in [6, 6.07) is 0. The van der Waals surface area contributed by atoms with Gasteiger partial charge in [0.05, 0.1) is 0 Å². The summed E-state index contributed by atoms with van der Waals surface area (Å²) in [5.74, 6) is -2.46. The van der Waals surface area contributed by atoms with Crippen LogP contribution in [0.25, 0.3) is 0 Å². The maximum atomic E-state index is 10.3. The summed E-state index contributed by atoms with van der Waals surface area (Å²) in [7, 11) is 0. The van der Waals surface area contributed by atoms with Crippen LogP contribution < -0.4 is 10.2 Å². The van der Waals surface area contributed by atoms with E-state index in [2.05, 4.69) is 20.8 Å². The first-order valence-corrected chi connectivity index (χ1v) is 24.9. The molecule has 336 valence electrons. The zero-order valence-corrected chi connectivity index (χ0v) is 40.2. The van der Waals surface area contributed by atoms with E-state index in [1.165, 1.54) is 225 Å². The van der Waals surface area contributed by atoms with E-state index < -0.39 is 17.9 Å². The van der Waals surface area contributed by atoms with Crippen molar-refractivity contribution in [1.29, 1.82) is 0 Å². The molecule has 0 aliphatic carbocycles. The molecule has 0 aromatic rings. The molecule has 0 saturated heterocycles. The molecular formula is C50H98MgO6. The summed E-state index contributed by atoms with van der Waals surface area (Å²) in [4.78, 5) is 30.7. The normalized spacial score (nSPS) is 10.6. The number of aliphatic carboxylic acids is 3. The molecule has 0 aliphatic heterocycles. The minimum absolute atomic E-state index is 0. The second-order valence-corrected chi connectivity index (χ2v) is 16.8. The van der Waals surface area contributed by atoms with Gasteiger partial charge in [-0.2, -0.15) is 0 Å². The van der Waals surface area contributed by atoms with E-state index >= 15 is 0 Å². The number of carbonyl (C=O) groups excluding carboxylic acids is 2. The molecule has 7 heteroatoms. The van der Waals surface area contributed by atoms with Crippen molar-refractivity contribution in [3.05, 3.63) is 0 Å². The Bertz CT molecular complexity index is 721. The minimum atomic E-state index is -0.905. The van der Waals surface area contributed by atoms with Crippen molar-refractivity contribution >= 4 is 41.0 Å². The Balaban J connectivity index is -0.000000367. The Kier molecular flexibility index (Phi) is 65.6. The Hall–Kier alpha value is -0.824. The van der Waals surface area contributed by atoms with Crippen molar-refractivity contribution in [3.8, 4) is 0 Å². The predicted octanol–water partition coefficient (Wildman–Crippen LogP) is 14.4. The van der Waals surface area contributed by atoms with E-state index in [-0.39, 0.29) is 35.9 Å². The molecular weight excluding hydrogens is 721 g/mol. The van der Waals surface area contributed by atoms with E-state index in [1.54, 1.807) is 0 Å². The van der Waals surface area contributed by atoms with Crippen LogP contribution in [0, 0.1) is 0 Å². The van der Waals surface area contributed by atoms with Crippen LogP contribution in [0.2, 0.25) is 0 Å². The average Bonchev–Trinajstić information content (AvgIpc) is 3.17. The topological polar surface area (TPSA) is 118 Å². The van der Waals surface area contributed by atoms with Gasteiger partial charge in [-0.15, -0.1) is 0 Å². The van der Waals surface area contributed by atoms with Crippen LogP contribution in [0.4, 0.5) is 0 Å². The van der Waals surface area contributed by atoms with Gasteiger partial charge in [0, 0.05) is 18.4 Å². The van der Waals surface area contributed by atoms with Crippen LogP contribution in [0.15, 0.2) is 0 Å². The molecule has 0 amide bonds. The van der Waals surface area contributed by atoms with Gasteiger partial charge in [-0.1, -0.05) is 265 Å². The average molecular weight is 820 g/mol. The largest absolute Gasteiger partial charge is 2.00 e. The molecule has 0 bridgehead atoms. The number of hydrogen-bond acceptors (Lipinski definition) is 5. The Labute approximate surface area is 372 Å². The van der Waals surface area contributed by atoms with Gasteiger partial charge in [-0.25, -0.2) is 0 Å². The summed E-state index contributed by atoms with van der Waals surface area (Å²) < 4.78 is 0. The van der Waals surface area contributed by atoms with Crippen LogP contribution in [0.1, 0.15) is 303 Å². The quantitative estimate of drug-likeness (QED) is 0.0483. The van der Waals surface area contributed by atoms with Gasteiger partial charge in [0.1, 0.15) is 0 Å². The number of rotatable bonds is 44. The molecule has 0 aliphatic rings. The fourth-order valence-electron chi connectivity index (χ4n) is 7.22. The Morgan fingerprint density at radius 3 is 0.561 bits per heavy atom. The molecule has 0 aromatic heterocycles. The third-order valence-electron chi connectivity index (χ3n) is 11.0. The summed E-state index contributed by atoms with van der Waals surface area (Å²) in [6.07, 6.45) is 54.1. The molecule has 0 atom stereocenters. The SMILES string of the molecule is CCCCCCCCCCCCCCCC(=O)[O-].CCCCCCCCCCCCCCCC(=O)[O-].CCCCCCCCCCCCCCCCCC(=O)O.[Mg+2]. The van der Waals surface area contributed by atoms with E-state index in [0.717, 1.165) is 38.5 Å². The zero-order chi connectivity index (χ0) is 41.8. The number of carboxylic acids is 3. The Morgan fingerprint density at radius 1 is 0.281 bits per heavy atom. The molecule has 0 unspecified atom stereocenters. The van der Waals surface area contributed by atoms with Crippen LogP contribution in [-0.2, 0) is 14.4 Å². The minimum Gasteiger partial charge on any atom is -0.550 e. The second kappa shape index (κ2) is 59.5. The molecule has 0 rings (SSSR count). The number of carbonyl (C=O) groups is 3. The molecule has 0 fully saturated rings. The summed E-state index contributed by atoms with van der Waals surface area (Å²) in [6.45, 7) is 6.78. The molecule has 6 nitrogen and oxygen atoms in total. The molecule has 0 heterocycles. The molecule has 1 N–H and O–H groups in total. The van der Waals surface area contributed by atoms with Crippen LogP contribution in [0.3, 0.4) is 0 Å². The van der Waals surface area contributed by atoms with Crippen LogP contribution in [-0.4, -0.2) is 46.1 Å². The standard InChI is InChI=1S/C18H36O2.2C16H32O2.Mg/c1-2-3-4-5-6-7-8-9-10-11-12-13-14-15-16-17-18(19)20;2*1-2-3-4-5-6-7-8-9-10-11-12-13-14-15-16(17)18;/h2-17H2,1H3,(H,19,20);2*2-15H2,1H3,(H,17,18);/q;;;+2/p-2. The van der Waals surface area contributed by atoms with Gasteiger partial charge in [-0.3, -0.25) is 4.79 Å². The fourth-order valence-corrected chi connectivity index (χ4v) is 7.22. The van der Waals surface area contributed by atoms with Crippen molar-refractivity contribution in [1.82, 2.24) is 0 Å². The van der Waals surface area contributed by atoms with Gasteiger partial charge in [-0.05, 0) is 32.1 Å². The van der Waals surface area contributed by atoms with Gasteiger partial charge in [0.15, 0.2) is 0 Å². The molecule has 0 radical (unpaired) electrons. The van der Waals surface area contributed by atoms with Crippen LogP contribution in [0.5, 0.6) is 0 Å². The Morgan fingerprint density at radius 2 is 0.421 bits per heavy atom. The maximum absolute atomic E-state index is 10.3. The predicted molar refractivity (Wildman–Crippen MR) is 244 cm³/mol. The summed E-state index contributed by atoms with van der Waals surface area (Å²) in [5.41, 5.74) is 0. The molecule has 0 spiro atoms. The molecule has 0 aromatic carbocycles. The van der Waals surface area contributed by atoms with Gasteiger partial charge in [0.25, 0.3) is 0 Å². The van der Waals surface area contributed by atoms with Crippen LogP contribution >= 0.6 is 0 Å². The third-order valence-corrected chi connectivity index (χ3v) is 11.0. The smallest absolute Gasteiger partial charge is 0.550 e. The molecule has 0 saturated carbocycles. The van der Waals surface area contributed by atoms with Gasteiger partial charge < -0.3 is 24.9 Å². The molecule has 57 heavy (non-hydrogen) atoms. The number of carboxylic acid groups (broad SMARTS) is 3. The van der Waals surface area contributed by atoms with E-state index in [1.807, 2.05) is 0 Å². The zero-order valence-electron chi connectivity index (χ0n) is 38.8. The van der Waals surface area contributed by atoms with Crippen molar-refractivity contribution in [2.45, 2.75) is 303 Å². The first kappa shape index (κ1) is 62.8. The van der Waals surface area contributed by atoms with Crippen molar-refractivity contribution in [3.63, 3.8) is 0 Å². The number of unbranched alkanes of at least 4 members (excludes halogenated alkanes) is 38.